The Kier molecular flexibility index (Phi) is 5.42. The molecule has 2 rings (SSSR count). The van der Waals surface area contributed by atoms with E-state index in [1.54, 1.807) is 0 Å². The van der Waals surface area contributed by atoms with E-state index in [1.165, 1.54) is 0 Å². The molecule has 1 aromatic carbocycles. The zero-order valence-electron chi connectivity index (χ0n) is 14.5. The highest BCUT2D eigenvalue weighted by atomic mass is 16.2. The molecule has 0 spiro atoms. The number of nitrogens with one attached hydrogen (secondary N) is 2. The number of carbonyl (C=O) groups is 2. The molecule has 0 bridgehead atoms. The Labute approximate surface area is 138 Å². The molecule has 1 aliphatic rings. The maximum absolute atomic E-state index is 12.5. The molecule has 0 radical (unpaired) electrons. The largest absolute Gasteiger partial charge is 0.352 e. The Morgan fingerprint density at radius 1 is 1.26 bits per heavy atom. The fourth-order valence-corrected chi connectivity index (χ4v) is 2.52. The summed E-state index contributed by atoms with van der Waals surface area (Å²) in [7, 11) is 0. The minimum absolute atomic E-state index is 0.0206. The van der Waals surface area contributed by atoms with Gasteiger partial charge in [-0.25, -0.2) is 0 Å². The number of nitrogens with zero attached hydrogens (tertiary/aromatic N) is 1. The van der Waals surface area contributed by atoms with E-state index in [0.717, 1.165) is 25.2 Å². The second kappa shape index (κ2) is 7.13. The van der Waals surface area contributed by atoms with Gasteiger partial charge in [0.1, 0.15) is 0 Å². The zero-order chi connectivity index (χ0) is 17.0. The second-order valence-corrected chi connectivity index (χ2v) is 7.18. The molecule has 0 unspecified atom stereocenters. The fraction of sp³-hybridized carbons (Fsp3) is 0.556. The van der Waals surface area contributed by atoms with Crippen LogP contribution < -0.4 is 10.6 Å². The third-order valence-electron chi connectivity index (χ3n) is 4.10. The van der Waals surface area contributed by atoms with Crippen LogP contribution in [0.3, 0.4) is 0 Å². The molecule has 126 valence electrons. The van der Waals surface area contributed by atoms with Gasteiger partial charge in [-0.3, -0.25) is 9.59 Å². The zero-order valence-corrected chi connectivity index (χ0v) is 14.5. The standard InChI is InChI=1S/C18H27N3O2/c1-13-11-19-9-10-21(13)16(22)15-7-5-14(6-8-15)12-20-17(23)18(2,3)4/h5-8,13,19H,9-12H2,1-4H3,(H,20,23)/t13-/m0/s1. The number of piperazine rings is 1. The van der Waals surface area contributed by atoms with Gasteiger partial charge in [0, 0.05) is 43.2 Å². The summed E-state index contributed by atoms with van der Waals surface area (Å²) >= 11 is 0. The van der Waals surface area contributed by atoms with E-state index in [0.29, 0.717) is 12.1 Å². The second-order valence-electron chi connectivity index (χ2n) is 7.18. The van der Waals surface area contributed by atoms with Crippen LogP contribution in [-0.2, 0) is 11.3 Å². The summed E-state index contributed by atoms with van der Waals surface area (Å²) < 4.78 is 0. The van der Waals surface area contributed by atoms with Crippen molar-refractivity contribution in [2.45, 2.75) is 40.3 Å². The van der Waals surface area contributed by atoms with E-state index in [9.17, 15) is 9.59 Å². The number of benzene rings is 1. The number of amides is 2. The highest BCUT2D eigenvalue weighted by molar-refractivity contribution is 5.94. The van der Waals surface area contributed by atoms with Gasteiger partial charge in [0.2, 0.25) is 5.91 Å². The number of rotatable bonds is 3. The first kappa shape index (κ1) is 17.5. The highest BCUT2D eigenvalue weighted by Gasteiger charge is 2.24. The lowest BCUT2D eigenvalue weighted by atomic mass is 9.95. The van der Waals surface area contributed by atoms with Crippen LogP contribution in [0.1, 0.15) is 43.6 Å². The number of hydrogen-bond donors (Lipinski definition) is 2. The van der Waals surface area contributed by atoms with Crippen molar-refractivity contribution in [3.63, 3.8) is 0 Å². The third kappa shape index (κ3) is 4.55. The number of hydrogen-bond acceptors (Lipinski definition) is 3. The van der Waals surface area contributed by atoms with E-state index in [1.807, 2.05) is 49.9 Å². The lowest BCUT2D eigenvalue weighted by molar-refractivity contribution is -0.128. The molecule has 1 fully saturated rings. The number of carbonyl (C=O) groups excluding carboxylic acids is 2. The smallest absolute Gasteiger partial charge is 0.254 e. The van der Waals surface area contributed by atoms with Crippen LogP contribution >= 0.6 is 0 Å². The Morgan fingerprint density at radius 2 is 1.91 bits per heavy atom. The van der Waals surface area contributed by atoms with E-state index < -0.39 is 5.41 Å². The predicted molar refractivity (Wildman–Crippen MR) is 91.1 cm³/mol. The van der Waals surface area contributed by atoms with Crippen LogP contribution in [0.5, 0.6) is 0 Å². The Morgan fingerprint density at radius 3 is 2.48 bits per heavy atom. The summed E-state index contributed by atoms with van der Waals surface area (Å²) in [5.74, 6) is 0.0940. The quantitative estimate of drug-likeness (QED) is 0.893. The van der Waals surface area contributed by atoms with Gasteiger partial charge in [-0.1, -0.05) is 32.9 Å². The Balaban J connectivity index is 1.96. The van der Waals surface area contributed by atoms with Crippen molar-refractivity contribution in [2.24, 2.45) is 5.41 Å². The van der Waals surface area contributed by atoms with Gasteiger partial charge in [0.05, 0.1) is 0 Å². The molecular formula is C18H27N3O2. The lowest BCUT2D eigenvalue weighted by Gasteiger charge is -2.34. The van der Waals surface area contributed by atoms with Gasteiger partial charge < -0.3 is 15.5 Å². The maximum Gasteiger partial charge on any atom is 0.254 e. The van der Waals surface area contributed by atoms with Crippen molar-refractivity contribution in [3.05, 3.63) is 35.4 Å². The molecule has 0 saturated carbocycles. The fourth-order valence-electron chi connectivity index (χ4n) is 2.52. The van der Waals surface area contributed by atoms with Crippen LogP contribution in [0.15, 0.2) is 24.3 Å². The summed E-state index contributed by atoms with van der Waals surface area (Å²) in [5.41, 5.74) is 1.30. The average Bonchev–Trinajstić information content (AvgIpc) is 2.52. The molecule has 2 amide bonds. The van der Waals surface area contributed by atoms with E-state index in [4.69, 9.17) is 0 Å². The van der Waals surface area contributed by atoms with Gasteiger partial charge in [-0.05, 0) is 24.6 Å². The summed E-state index contributed by atoms with van der Waals surface area (Å²) in [5, 5.41) is 6.20. The molecule has 23 heavy (non-hydrogen) atoms. The summed E-state index contributed by atoms with van der Waals surface area (Å²) in [6, 6.07) is 7.71. The highest BCUT2D eigenvalue weighted by Crippen LogP contribution is 2.14. The maximum atomic E-state index is 12.5. The molecule has 5 nitrogen and oxygen atoms in total. The van der Waals surface area contributed by atoms with E-state index in [2.05, 4.69) is 17.6 Å². The normalized spacial score (nSPS) is 18.6. The first-order chi connectivity index (χ1) is 10.8. The molecule has 1 aromatic rings. The molecular weight excluding hydrogens is 290 g/mol. The molecule has 1 heterocycles. The van der Waals surface area contributed by atoms with Crippen LogP contribution in [-0.4, -0.2) is 42.4 Å². The molecule has 1 aliphatic heterocycles. The molecule has 2 N–H and O–H groups in total. The van der Waals surface area contributed by atoms with Gasteiger partial charge >= 0.3 is 0 Å². The topological polar surface area (TPSA) is 61.4 Å². The summed E-state index contributed by atoms with van der Waals surface area (Å²) in [6.07, 6.45) is 0. The molecule has 1 saturated heterocycles. The van der Waals surface area contributed by atoms with Crippen LogP contribution in [0, 0.1) is 5.41 Å². The molecule has 0 aromatic heterocycles. The SMILES string of the molecule is C[C@H]1CNCCN1C(=O)c1ccc(CNC(=O)C(C)(C)C)cc1. The minimum atomic E-state index is -0.395. The van der Waals surface area contributed by atoms with Gasteiger partial charge in [0.25, 0.3) is 5.91 Å². The van der Waals surface area contributed by atoms with E-state index >= 15 is 0 Å². The monoisotopic (exact) mass is 317 g/mol. The first-order valence-corrected chi connectivity index (χ1v) is 8.18. The van der Waals surface area contributed by atoms with Crippen molar-refractivity contribution in [3.8, 4) is 0 Å². The van der Waals surface area contributed by atoms with Crippen LogP contribution in [0.25, 0.3) is 0 Å². The molecule has 5 heteroatoms. The van der Waals surface area contributed by atoms with Gasteiger partial charge in [0.15, 0.2) is 0 Å². The Hall–Kier alpha value is -1.88. The average molecular weight is 317 g/mol. The van der Waals surface area contributed by atoms with Crippen molar-refractivity contribution in [1.29, 1.82) is 0 Å². The van der Waals surface area contributed by atoms with Gasteiger partial charge in [-0.2, -0.15) is 0 Å². The van der Waals surface area contributed by atoms with Crippen molar-refractivity contribution < 1.29 is 9.59 Å². The molecule has 1 atom stereocenters. The van der Waals surface area contributed by atoms with Gasteiger partial charge in [-0.15, -0.1) is 0 Å². The molecule has 0 aliphatic carbocycles. The summed E-state index contributed by atoms with van der Waals surface area (Å²) in [6.45, 7) is 10.6. The lowest BCUT2D eigenvalue weighted by Crippen LogP contribution is -2.52. The van der Waals surface area contributed by atoms with Crippen molar-refractivity contribution in [2.75, 3.05) is 19.6 Å². The van der Waals surface area contributed by atoms with E-state index in [-0.39, 0.29) is 17.9 Å². The third-order valence-corrected chi connectivity index (χ3v) is 4.10. The predicted octanol–water partition coefficient (Wildman–Crippen LogP) is 1.78. The van der Waals surface area contributed by atoms with Crippen molar-refractivity contribution in [1.82, 2.24) is 15.5 Å². The minimum Gasteiger partial charge on any atom is -0.352 e. The van der Waals surface area contributed by atoms with Crippen LogP contribution in [0.2, 0.25) is 0 Å². The summed E-state index contributed by atoms with van der Waals surface area (Å²) in [4.78, 5) is 26.3. The van der Waals surface area contributed by atoms with Crippen molar-refractivity contribution >= 4 is 11.8 Å². The first-order valence-electron chi connectivity index (χ1n) is 8.18. The van der Waals surface area contributed by atoms with Crippen LogP contribution in [0.4, 0.5) is 0 Å². The Bertz CT molecular complexity index is 561.